The molecule has 1 unspecified atom stereocenters. The molecule has 1 aliphatic rings. The Morgan fingerprint density at radius 1 is 1.23 bits per heavy atom. The van der Waals surface area contributed by atoms with Gasteiger partial charge in [-0.1, -0.05) is 29.4 Å². The molecule has 0 radical (unpaired) electrons. The Labute approximate surface area is 173 Å². The Bertz CT molecular complexity index is 1150. The highest BCUT2D eigenvalue weighted by molar-refractivity contribution is 7.92. The zero-order chi connectivity index (χ0) is 22.1. The summed E-state index contributed by atoms with van der Waals surface area (Å²) in [7, 11) is -2.13. The molecule has 160 valence electrons. The summed E-state index contributed by atoms with van der Waals surface area (Å²) in [6.07, 6.45) is 2.24. The number of hydrogen-bond donors (Lipinski definition) is 2. The van der Waals surface area contributed by atoms with E-state index >= 15 is 0 Å². The number of hydroxylamine groups is 1. The molecule has 1 aromatic carbocycles. The predicted octanol–water partition coefficient (Wildman–Crippen LogP) is 1.24. The normalized spacial score (nSPS) is 18.3. The van der Waals surface area contributed by atoms with Crippen LogP contribution in [0.2, 0.25) is 0 Å². The molecule has 30 heavy (non-hydrogen) atoms. The molecule has 2 atom stereocenters. The fraction of sp³-hybridized carbons (Fsp3) is 0.350. The van der Waals surface area contributed by atoms with Gasteiger partial charge in [0.2, 0.25) is 5.56 Å². The number of oxime groups is 1. The predicted molar refractivity (Wildman–Crippen MR) is 111 cm³/mol. The van der Waals surface area contributed by atoms with E-state index in [9.17, 15) is 18.0 Å². The minimum Gasteiger partial charge on any atom is -0.392 e. The molecule has 0 bridgehead atoms. The van der Waals surface area contributed by atoms with Crippen LogP contribution in [0.3, 0.4) is 0 Å². The molecule has 10 heteroatoms. The summed E-state index contributed by atoms with van der Waals surface area (Å²) in [6, 6.07) is 10.8. The zero-order valence-corrected chi connectivity index (χ0v) is 17.6. The first-order chi connectivity index (χ1) is 14.0. The monoisotopic (exact) mass is 433 g/mol. The first-order valence-corrected chi connectivity index (χ1v) is 11.1. The van der Waals surface area contributed by atoms with Crippen LogP contribution in [0.4, 0.5) is 0 Å². The van der Waals surface area contributed by atoms with Gasteiger partial charge < -0.3 is 9.40 Å². The van der Waals surface area contributed by atoms with Gasteiger partial charge in [0, 0.05) is 38.4 Å². The molecule has 0 spiro atoms. The highest BCUT2D eigenvalue weighted by Crippen LogP contribution is 2.30. The van der Waals surface area contributed by atoms with Crippen LogP contribution in [0.1, 0.15) is 25.3 Å². The van der Waals surface area contributed by atoms with Crippen molar-refractivity contribution in [2.24, 2.45) is 12.2 Å². The lowest BCUT2D eigenvalue weighted by molar-refractivity contribution is -0.132. The van der Waals surface area contributed by atoms with Crippen LogP contribution in [-0.2, 0) is 26.5 Å². The molecule has 3 rings (SSSR count). The van der Waals surface area contributed by atoms with Crippen LogP contribution in [0.5, 0.6) is 0 Å². The number of hydrogen-bond acceptors (Lipinski definition) is 7. The maximum atomic E-state index is 12.1. The van der Waals surface area contributed by atoms with Crippen LogP contribution in [0.15, 0.2) is 52.5 Å². The van der Waals surface area contributed by atoms with E-state index in [4.69, 9.17) is 10.0 Å². The highest BCUT2D eigenvalue weighted by Gasteiger charge is 2.47. The molecule has 0 saturated heterocycles. The first kappa shape index (κ1) is 21.7. The summed E-state index contributed by atoms with van der Waals surface area (Å²) in [5.41, 5.74) is 4.59. The zero-order valence-electron chi connectivity index (χ0n) is 16.8. The molecule has 0 saturated carbocycles. The van der Waals surface area contributed by atoms with Crippen molar-refractivity contribution in [2.75, 3.05) is 6.26 Å². The maximum Gasteiger partial charge on any atom is 0.264 e. The van der Waals surface area contributed by atoms with E-state index in [-0.39, 0.29) is 12.0 Å². The van der Waals surface area contributed by atoms with Crippen molar-refractivity contribution in [1.29, 1.82) is 0 Å². The Morgan fingerprint density at radius 3 is 2.40 bits per heavy atom. The second-order valence-corrected chi connectivity index (χ2v) is 10.0. The first-order valence-electron chi connectivity index (χ1n) is 9.19. The number of aromatic nitrogens is 1. The summed E-state index contributed by atoms with van der Waals surface area (Å²) in [5.74, 6) is -1.01. The highest BCUT2D eigenvalue weighted by atomic mass is 32.2. The molecule has 0 fully saturated rings. The van der Waals surface area contributed by atoms with Crippen LogP contribution in [0.25, 0.3) is 11.1 Å². The third-order valence-electron chi connectivity index (χ3n) is 5.39. The van der Waals surface area contributed by atoms with E-state index in [1.54, 1.807) is 19.3 Å². The summed E-state index contributed by atoms with van der Waals surface area (Å²) < 4.78 is 23.9. The van der Waals surface area contributed by atoms with Gasteiger partial charge in [-0.05, 0) is 29.7 Å². The number of aryl methyl sites for hydroxylation is 1. The molecule has 2 aromatic rings. The van der Waals surface area contributed by atoms with E-state index in [0.29, 0.717) is 12.1 Å². The van der Waals surface area contributed by atoms with E-state index in [1.807, 2.05) is 24.3 Å². The minimum absolute atomic E-state index is 0.0881. The summed E-state index contributed by atoms with van der Waals surface area (Å²) >= 11 is 0. The number of amides is 1. The summed E-state index contributed by atoms with van der Waals surface area (Å²) in [5, 5.41) is 13.0. The van der Waals surface area contributed by atoms with Crippen LogP contribution >= 0.6 is 0 Å². The molecule has 9 nitrogen and oxygen atoms in total. The number of benzene rings is 1. The minimum atomic E-state index is -3.82. The van der Waals surface area contributed by atoms with E-state index < -0.39 is 26.6 Å². The third-order valence-corrected chi connectivity index (χ3v) is 7.38. The van der Waals surface area contributed by atoms with Crippen LogP contribution in [0, 0.1) is 0 Å². The Balaban J connectivity index is 1.74. The lowest BCUT2D eigenvalue weighted by atomic mass is 9.96. The van der Waals surface area contributed by atoms with Gasteiger partial charge in [-0.15, -0.1) is 0 Å². The van der Waals surface area contributed by atoms with Gasteiger partial charge in [0.15, 0.2) is 14.6 Å². The molecule has 0 aliphatic carbocycles. The van der Waals surface area contributed by atoms with Crippen molar-refractivity contribution in [3.8, 4) is 11.1 Å². The lowest BCUT2D eigenvalue weighted by Gasteiger charge is -2.26. The number of carbonyl (C=O) groups is 1. The standard InChI is InChI=1S/C20H23N3O6S/c1-20(19(25)21-26,30(3,27)28)11-16-10-17(22-29-16)14-6-4-13(5-7-14)15-8-9-18(24)23(2)12-15/h4-9,12,16,26H,10-11H2,1-3H3,(H,21,25)/t16-,20?/m1/s1. The van der Waals surface area contributed by atoms with Crippen molar-refractivity contribution in [3.63, 3.8) is 0 Å². The fourth-order valence-corrected chi connectivity index (χ4v) is 4.16. The second-order valence-electron chi connectivity index (χ2n) is 7.56. The van der Waals surface area contributed by atoms with E-state index in [0.717, 1.165) is 22.9 Å². The summed E-state index contributed by atoms with van der Waals surface area (Å²) in [4.78, 5) is 28.9. The largest absolute Gasteiger partial charge is 0.392 e. The molecule has 1 aliphatic heterocycles. The SMILES string of the molecule is Cn1cc(-c2ccc(C3=NO[C@@H](CC(C)(C(=O)NO)S(C)(=O)=O)C3)cc2)ccc1=O. The Morgan fingerprint density at radius 2 is 1.83 bits per heavy atom. The van der Waals surface area contributed by atoms with Crippen molar-refractivity contribution >= 4 is 21.5 Å². The number of nitrogens with zero attached hydrogens (tertiary/aromatic N) is 2. The quantitative estimate of drug-likeness (QED) is 0.521. The van der Waals surface area contributed by atoms with Crippen molar-refractivity contribution in [3.05, 3.63) is 58.5 Å². The number of rotatable bonds is 6. The smallest absolute Gasteiger partial charge is 0.264 e. The number of sulfone groups is 1. The molecular formula is C20H23N3O6S. The van der Waals surface area contributed by atoms with Crippen LogP contribution < -0.4 is 11.0 Å². The second kappa shape index (κ2) is 8.04. The molecule has 1 aromatic heterocycles. The van der Waals surface area contributed by atoms with E-state index in [1.165, 1.54) is 23.0 Å². The molecular weight excluding hydrogens is 410 g/mol. The molecule has 2 N–H and O–H groups in total. The summed E-state index contributed by atoms with van der Waals surface area (Å²) in [6.45, 7) is 1.25. The van der Waals surface area contributed by atoms with Gasteiger partial charge in [0.1, 0.15) is 6.10 Å². The van der Waals surface area contributed by atoms with Crippen molar-refractivity contribution in [2.45, 2.75) is 30.6 Å². The van der Waals surface area contributed by atoms with Crippen molar-refractivity contribution in [1.82, 2.24) is 10.0 Å². The molecule has 1 amide bonds. The maximum absolute atomic E-state index is 12.1. The van der Waals surface area contributed by atoms with Crippen LogP contribution in [-0.4, -0.2) is 46.9 Å². The molecule has 2 heterocycles. The van der Waals surface area contributed by atoms with Gasteiger partial charge in [0.05, 0.1) is 5.71 Å². The third kappa shape index (κ3) is 4.14. The fourth-order valence-electron chi connectivity index (χ4n) is 3.29. The van der Waals surface area contributed by atoms with Gasteiger partial charge in [-0.3, -0.25) is 14.8 Å². The average Bonchev–Trinajstić information content (AvgIpc) is 3.17. The van der Waals surface area contributed by atoms with E-state index in [2.05, 4.69) is 5.16 Å². The van der Waals surface area contributed by atoms with Gasteiger partial charge >= 0.3 is 0 Å². The van der Waals surface area contributed by atoms with Gasteiger partial charge in [0.25, 0.3) is 5.91 Å². The van der Waals surface area contributed by atoms with Crippen molar-refractivity contribution < 1.29 is 23.3 Å². The van der Waals surface area contributed by atoms with Gasteiger partial charge in [-0.2, -0.15) is 0 Å². The number of carbonyl (C=O) groups excluding carboxylic acids is 1. The topological polar surface area (TPSA) is 127 Å². The Hall–Kier alpha value is -2.98. The Kier molecular flexibility index (Phi) is 5.82. The number of nitrogens with one attached hydrogen (secondary N) is 1. The number of pyridine rings is 1. The van der Waals surface area contributed by atoms with Gasteiger partial charge in [-0.25, -0.2) is 13.9 Å². The average molecular weight is 433 g/mol. The lowest BCUT2D eigenvalue weighted by Crippen LogP contribution is -2.51.